The fourth-order valence-electron chi connectivity index (χ4n) is 3.11. The summed E-state index contributed by atoms with van der Waals surface area (Å²) in [4.78, 5) is 14.3. The van der Waals surface area contributed by atoms with Crippen LogP contribution >= 0.6 is 11.6 Å². The molecule has 1 aromatic heterocycles. The van der Waals surface area contributed by atoms with E-state index in [4.69, 9.17) is 11.6 Å². The lowest BCUT2D eigenvalue weighted by molar-refractivity contribution is 0.206. The third kappa shape index (κ3) is 3.28. The van der Waals surface area contributed by atoms with Gasteiger partial charge in [-0.05, 0) is 30.3 Å². The summed E-state index contributed by atoms with van der Waals surface area (Å²) >= 11 is 5.96. The normalized spacial score (nSPS) is 13.4. The Morgan fingerprint density at radius 2 is 2.08 bits per heavy atom. The van der Waals surface area contributed by atoms with Crippen LogP contribution in [0.4, 0.5) is 14.9 Å². The van der Waals surface area contributed by atoms with E-state index in [1.54, 1.807) is 35.2 Å². The fourth-order valence-corrected chi connectivity index (χ4v) is 3.30. The monoisotopic (exact) mass is 370 g/mol. The van der Waals surface area contributed by atoms with Crippen molar-refractivity contribution in [3.05, 3.63) is 70.6 Å². The molecule has 2 N–H and O–H groups in total. The summed E-state index contributed by atoms with van der Waals surface area (Å²) in [5, 5.41) is 10.8. The topological polar surface area (TPSA) is 61.0 Å². The van der Waals surface area contributed by atoms with Crippen LogP contribution in [0.15, 0.2) is 48.5 Å². The number of nitrogens with zero attached hydrogens (tertiary/aromatic N) is 2. The van der Waals surface area contributed by atoms with Crippen LogP contribution in [0.3, 0.4) is 0 Å². The molecule has 1 aliphatic rings. The molecule has 0 aliphatic carbocycles. The van der Waals surface area contributed by atoms with Gasteiger partial charge in [-0.2, -0.15) is 5.10 Å². The summed E-state index contributed by atoms with van der Waals surface area (Å²) in [6.07, 6.45) is 0.667. The molecule has 26 heavy (non-hydrogen) atoms. The van der Waals surface area contributed by atoms with Crippen molar-refractivity contribution in [3.63, 3.8) is 0 Å². The third-order valence-electron chi connectivity index (χ3n) is 4.39. The van der Waals surface area contributed by atoms with Crippen molar-refractivity contribution in [2.45, 2.75) is 13.0 Å². The number of amides is 2. The molecule has 0 saturated carbocycles. The lowest BCUT2D eigenvalue weighted by Gasteiger charge is -2.27. The third-order valence-corrected chi connectivity index (χ3v) is 4.63. The smallest absolute Gasteiger partial charge is 0.320 e. The second kappa shape index (κ2) is 6.80. The molecule has 0 saturated heterocycles. The summed E-state index contributed by atoms with van der Waals surface area (Å²) in [6.45, 7) is 0.980. The highest BCUT2D eigenvalue weighted by molar-refractivity contribution is 6.30. The van der Waals surface area contributed by atoms with Gasteiger partial charge in [0, 0.05) is 40.5 Å². The minimum atomic E-state index is -0.314. The second-order valence-corrected chi connectivity index (χ2v) is 6.59. The number of fused-ring (bicyclic) bond motifs is 1. The van der Waals surface area contributed by atoms with Crippen molar-refractivity contribution in [3.8, 4) is 11.3 Å². The Balaban J connectivity index is 1.55. The molecule has 0 radical (unpaired) electrons. The van der Waals surface area contributed by atoms with E-state index in [1.165, 1.54) is 12.1 Å². The first-order valence-corrected chi connectivity index (χ1v) is 8.61. The van der Waals surface area contributed by atoms with Crippen molar-refractivity contribution in [1.29, 1.82) is 0 Å². The molecule has 3 aromatic rings. The number of rotatable bonds is 2. The maximum absolute atomic E-state index is 13.5. The van der Waals surface area contributed by atoms with Gasteiger partial charge in [0.05, 0.1) is 12.2 Å². The molecular formula is C19H16ClFN4O. The predicted octanol–water partition coefficient (Wildman–Crippen LogP) is 4.46. The number of halogens is 2. The maximum atomic E-state index is 13.5. The lowest BCUT2D eigenvalue weighted by Crippen LogP contribution is -2.38. The Morgan fingerprint density at radius 1 is 1.23 bits per heavy atom. The van der Waals surface area contributed by atoms with Crippen LogP contribution in [-0.4, -0.2) is 27.7 Å². The lowest BCUT2D eigenvalue weighted by atomic mass is 10.0. The summed E-state index contributed by atoms with van der Waals surface area (Å²) in [7, 11) is 0. The molecule has 0 atom stereocenters. The molecule has 0 spiro atoms. The van der Waals surface area contributed by atoms with Crippen molar-refractivity contribution >= 4 is 23.3 Å². The van der Waals surface area contributed by atoms with E-state index < -0.39 is 0 Å². The van der Waals surface area contributed by atoms with E-state index in [1.807, 2.05) is 6.07 Å². The zero-order valence-corrected chi connectivity index (χ0v) is 14.6. The highest BCUT2D eigenvalue weighted by Gasteiger charge is 2.26. The van der Waals surface area contributed by atoms with Gasteiger partial charge in [-0.25, -0.2) is 9.18 Å². The quantitative estimate of drug-likeness (QED) is 0.699. The molecule has 132 valence electrons. The van der Waals surface area contributed by atoms with Gasteiger partial charge in [0.1, 0.15) is 5.82 Å². The molecule has 1 aliphatic heterocycles. The standard InChI is InChI=1S/C19H16ClFN4O/c20-13-4-2-6-15(10-13)22-19(26)25-8-7-17-16(11-25)18(24-23-17)12-3-1-5-14(21)9-12/h1-6,9-10H,7-8,11H2,(H,22,26)(H,23,24). The van der Waals surface area contributed by atoms with Crippen molar-refractivity contribution in [2.75, 3.05) is 11.9 Å². The molecule has 7 heteroatoms. The average molecular weight is 371 g/mol. The first-order valence-electron chi connectivity index (χ1n) is 8.24. The van der Waals surface area contributed by atoms with Crippen LogP contribution in [0.25, 0.3) is 11.3 Å². The molecule has 0 unspecified atom stereocenters. The van der Waals surface area contributed by atoms with E-state index in [0.29, 0.717) is 41.5 Å². The number of aromatic amines is 1. The first kappa shape index (κ1) is 16.6. The van der Waals surface area contributed by atoms with Crippen molar-refractivity contribution in [1.82, 2.24) is 15.1 Å². The molecule has 0 fully saturated rings. The summed E-state index contributed by atoms with van der Waals surface area (Å²) < 4.78 is 13.5. The van der Waals surface area contributed by atoms with Crippen molar-refractivity contribution < 1.29 is 9.18 Å². The van der Waals surface area contributed by atoms with Crippen LogP contribution in [-0.2, 0) is 13.0 Å². The molecule has 2 heterocycles. The van der Waals surface area contributed by atoms with Gasteiger partial charge < -0.3 is 10.2 Å². The van der Waals surface area contributed by atoms with Gasteiger partial charge in [0.15, 0.2) is 0 Å². The Kier molecular flexibility index (Phi) is 4.34. The Hall–Kier alpha value is -2.86. The van der Waals surface area contributed by atoms with E-state index in [-0.39, 0.29) is 11.8 Å². The number of hydrogen-bond acceptors (Lipinski definition) is 2. The largest absolute Gasteiger partial charge is 0.322 e. The molecule has 4 rings (SSSR count). The minimum Gasteiger partial charge on any atom is -0.320 e. The van der Waals surface area contributed by atoms with Crippen LogP contribution in [0, 0.1) is 5.82 Å². The predicted molar refractivity (Wildman–Crippen MR) is 98.6 cm³/mol. The van der Waals surface area contributed by atoms with E-state index in [9.17, 15) is 9.18 Å². The number of carbonyl (C=O) groups excluding carboxylic acids is 1. The zero-order valence-electron chi connectivity index (χ0n) is 13.8. The fraction of sp³-hybridized carbons (Fsp3) is 0.158. The second-order valence-electron chi connectivity index (χ2n) is 6.15. The first-order chi connectivity index (χ1) is 12.6. The van der Waals surface area contributed by atoms with Crippen LogP contribution < -0.4 is 5.32 Å². The highest BCUT2D eigenvalue weighted by Crippen LogP contribution is 2.29. The Labute approximate surface area is 154 Å². The van der Waals surface area contributed by atoms with Gasteiger partial charge in [-0.3, -0.25) is 5.10 Å². The Morgan fingerprint density at radius 3 is 2.88 bits per heavy atom. The molecule has 2 amide bonds. The summed E-state index contributed by atoms with van der Waals surface area (Å²) in [6, 6.07) is 13.1. The van der Waals surface area contributed by atoms with Gasteiger partial charge in [0.25, 0.3) is 0 Å². The number of benzene rings is 2. The average Bonchev–Trinajstić information content (AvgIpc) is 3.05. The van der Waals surface area contributed by atoms with Crippen LogP contribution in [0.1, 0.15) is 11.3 Å². The summed E-state index contributed by atoms with van der Waals surface area (Å²) in [5.41, 5.74) is 3.92. The molecule has 0 bridgehead atoms. The molecule has 2 aromatic carbocycles. The van der Waals surface area contributed by atoms with Gasteiger partial charge in [0.2, 0.25) is 0 Å². The number of carbonyl (C=O) groups is 1. The van der Waals surface area contributed by atoms with Gasteiger partial charge >= 0.3 is 6.03 Å². The van der Waals surface area contributed by atoms with Crippen LogP contribution in [0.2, 0.25) is 5.02 Å². The highest BCUT2D eigenvalue weighted by atomic mass is 35.5. The van der Waals surface area contributed by atoms with E-state index in [2.05, 4.69) is 15.5 Å². The molecule has 5 nitrogen and oxygen atoms in total. The number of nitrogens with one attached hydrogen (secondary N) is 2. The Bertz CT molecular complexity index is 972. The van der Waals surface area contributed by atoms with Gasteiger partial charge in [-0.15, -0.1) is 0 Å². The maximum Gasteiger partial charge on any atom is 0.322 e. The summed E-state index contributed by atoms with van der Waals surface area (Å²) in [5.74, 6) is -0.314. The SMILES string of the molecule is O=C(Nc1cccc(Cl)c1)N1CCc2[nH]nc(-c3cccc(F)c3)c2C1. The van der Waals surface area contributed by atoms with Crippen molar-refractivity contribution in [2.24, 2.45) is 0 Å². The van der Waals surface area contributed by atoms with Gasteiger partial charge in [-0.1, -0.05) is 29.8 Å². The molecular weight excluding hydrogens is 355 g/mol. The van der Waals surface area contributed by atoms with E-state index >= 15 is 0 Å². The minimum absolute atomic E-state index is 0.204. The van der Waals surface area contributed by atoms with Crippen LogP contribution in [0.5, 0.6) is 0 Å². The zero-order chi connectivity index (χ0) is 18.1. The van der Waals surface area contributed by atoms with E-state index in [0.717, 1.165) is 11.3 Å². The number of anilines is 1. The number of H-pyrrole nitrogens is 1. The number of aromatic nitrogens is 2. The number of hydrogen-bond donors (Lipinski definition) is 2. The number of urea groups is 1.